The summed E-state index contributed by atoms with van der Waals surface area (Å²) < 4.78 is 19.3. The fourth-order valence-corrected chi connectivity index (χ4v) is 3.18. The molecular weight excluding hydrogens is 379 g/mol. The van der Waals surface area contributed by atoms with Crippen LogP contribution in [0, 0.1) is 12.7 Å². The summed E-state index contributed by atoms with van der Waals surface area (Å²) >= 11 is 0. The van der Waals surface area contributed by atoms with Crippen molar-refractivity contribution in [2.75, 3.05) is 0 Å². The number of rotatable bonds is 6. The van der Waals surface area contributed by atoms with Gasteiger partial charge in [0.2, 0.25) is 5.88 Å². The van der Waals surface area contributed by atoms with Crippen molar-refractivity contribution in [1.29, 1.82) is 0 Å². The number of fused-ring (bicyclic) bond motifs is 1. The summed E-state index contributed by atoms with van der Waals surface area (Å²) in [5, 5.41) is 3.59. The fraction of sp³-hybridized carbons (Fsp3) is 0.120. The Morgan fingerprint density at radius 3 is 2.57 bits per heavy atom. The highest BCUT2D eigenvalue weighted by Gasteiger charge is 2.14. The van der Waals surface area contributed by atoms with Gasteiger partial charge in [-0.15, -0.1) is 0 Å². The number of pyridine rings is 1. The molecule has 1 aromatic heterocycles. The molecule has 30 heavy (non-hydrogen) atoms. The van der Waals surface area contributed by atoms with Gasteiger partial charge in [0.1, 0.15) is 12.4 Å². The summed E-state index contributed by atoms with van der Waals surface area (Å²) in [5.41, 5.74) is 4.04. The second kappa shape index (κ2) is 8.74. The summed E-state index contributed by atoms with van der Waals surface area (Å²) in [5.74, 6) is -0.217. The highest BCUT2D eigenvalue weighted by molar-refractivity contribution is 6.06. The molecule has 3 aromatic carbocycles. The molecule has 1 heterocycles. The lowest BCUT2D eigenvalue weighted by molar-refractivity contribution is 0.0952. The Morgan fingerprint density at radius 1 is 0.967 bits per heavy atom. The van der Waals surface area contributed by atoms with Gasteiger partial charge in [-0.05, 0) is 36.2 Å². The molecule has 0 radical (unpaired) electrons. The Balaban J connectivity index is 1.56. The van der Waals surface area contributed by atoms with Crippen molar-refractivity contribution in [1.82, 2.24) is 10.3 Å². The first-order chi connectivity index (χ1) is 14.6. The largest absolute Gasteiger partial charge is 0.473 e. The van der Waals surface area contributed by atoms with Crippen LogP contribution in [0.3, 0.4) is 0 Å². The summed E-state index contributed by atoms with van der Waals surface area (Å²) in [6.07, 6.45) is 0. The van der Waals surface area contributed by atoms with E-state index in [-0.39, 0.29) is 18.3 Å². The SMILES string of the molecule is Cc1ccc(COc2cc(C(=O)NCc3cccc(F)c3)c3ccccc3n2)cc1. The molecule has 4 rings (SSSR count). The second-order valence-corrected chi connectivity index (χ2v) is 7.11. The van der Waals surface area contributed by atoms with Gasteiger partial charge in [0, 0.05) is 18.0 Å². The number of hydrogen-bond acceptors (Lipinski definition) is 3. The number of amides is 1. The lowest BCUT2D eigenvalue weighted by Gasteiger charge is -2.12. The smallest absolute Gasteiger partial charge is 0.252 e. The van der Waals surface area contributed by atoms with Crippen LogP contribution in [0.1, 0.15) is 27.0 Å². The highest BCUT2D eigenvalue weighted by atomic mass is 19.1. The summed E-state index contributed by atoms with van der Waals surface area (Å²) in [6, 6.07) is 23.3. The Bertz CT molecular complexity index is 1190. The van der Waals surface area contributed by atoms with E-state index in [2.05, 4.69) is 10.3 Å². The third-order valence-corrected chi connectivity index (χ3v) is 4.79. The molecule has 0 aliphatic heterocycles. The molecule has 0 aliphatic carbocycles. The summed E-state index contributed by atoms with van der Waals surface area (Å²) in [4.78, 5) is 17.4. The van der Waals surface area contributed by atoms with Crippen LogP contribution >= 0.6 is 0 Å². The Morgan fingerprint density at radius 2 is 1.77 bits per heavy atom. The van der Waals surface area contributed by atoms with Crippen LogP contribution in [-0.2, 0) is 13.2 Å². The monoisotopic (exact) mass is 400 g/mol. The molecule has 0 saturated carbocycles. The van der Waals surface area contributed by atoms with Crippen LogP contribution in [0.25, 0.3) is 10.9 Å². The molecule has 1 N–H and O–H groups in total. The number of halogens is 1. The van der Waals surface area contributed by atoms with Crippen LogP contribution in [0.2, 0.25) is 0 Å². The molecule has 0 unspecified atom stereocenters. The van der Waals surface area contributed by atoms with Crippen LogP contribution in [-0.4, -0.2) is 10.9 Å². The Kier molecular flexibility index (Phi) is 5.70. The zero-order valence-corrected chi connectivity index (χ0v) is 16.6. The van der Waals surface area contributed by atoms with Crippen LogP contribution < -0.4 is 10.1 Å². The maximum Gasteiger partial charge on any atom is 0.252 e. The zero-order chi connectivity index (χ0) is 20.9. The molecule has 0 spiro atoms. The topological polar surface area (TPSA) is 51.2 Å². The molecule has 150 valence electrons. The molecule has 1 amide bonds. The maximum absolute atomic E-state index is 13.4. The number of hydrogen-bond donors (Lipinski definition) is 1. The lowest BCUT2D eigenvalue weighted by Crippen LogP contribution is -2.23. The van der Waals surface area contributed by atoms with Gasteiger partial charge in [-0.2, -0.15) is 0 Å². The predicted octanol–water partition coefficient (Wildman–Crippen LogP) is 5.19. The number of nitrogens with zero attached hydrogens (tertiary/aromatic N) is 1. The quantitative estimate of drug-likeness (QED) is 0.485. The van der Waals surface area contributed by atoms with Crippen molar-refractivity contribution in [3.05, 3.63) is 107 Å². The van der Waals surface area contributed by atoms with Gasteiger partial charge < -0.3 is 10.1 Å². The van der Waals surface area contributed by atoms with E-state index in [9.17, 15) is 9.18 Å². The standard InChI is InChI=1S/C25H21FN2O2/c1-17-9-11-18(12-10-17)16-30-24-14-22(21-7-2-3-8-23(21)28-24)25(29)27-15-19-5-4-6-20(26)13-19/h2-14H,15-16H2,1H3,(H,27,29). The number of nitrogens with one attached hydrogen (secondary N) is 1. The lowest BCUT2D eigenvalue weighted by atomic mass is 10.1. The molecule has 0 saturated heterocycles. The first-order valence-corrected chi connectivity index (χ1v) is 9.69. The Hall–Kier alpha value is -3.73. The molecule has 4 nitrogen and oxygen atoms in total. The zero-order valence-electron chi connectivity index (χ0n) is 16.6. The van der Waals surface area contributed by atoms with Gasteiger partial charge in [0.25, 0.3) is 5.91 Å². The van der Waals surface area contributed by atoms with E-state index in [1.165, 1.54) is 17.7 Å². The van der Waals surface area contributed by atoms with Gasteiger partial charge >= 0.3 is 0 Å². The van der Waals surface area contributed by atoms with Crippen LogP contribution in [0.4, 0.5) is 4.39 Å². The minimum Gasteiger partial charge on any atom is -0.473 e. The van der Waals surface area contributed by atoms with Crippen molar-refractivity contribution >= 4 is 16.8 Å². The van der Waals surface area contributed by atoms with Crippen LogP contribution in [0.15, 0.2) is 78.9 Å². The summed E-state index contributed by atoms with van der Waals surface area (Å²) in [6.45, 7) is 2.62. The predicted molar refractivity (Wildman–Crippen MR) is 115 cm³/mol. The number of aromatic nitrogens is 1. The molecule has 0 aliphatic rings. The summed E-state index contributed by atoms with van der Waals surface area (Å²) in [7, 11) is 0. The first-order valence-electron chi connectivity index (χ1n) is 9.69. The average molecular weight is 400 g/mol. The van der Waals surface area contributed by atoms with E-state index in [1.54, 1.807) is 18.2 Å². The van der Waals surface area contributed by atoms with Crippen molar-refractivity contribution in [3.63, 3.8) is 0 Å². The number of aryl methyl sites for hydroxylation is 1. The minimum absolute atomic E-state index is 0.229. The van der Waals surface area contributed by atoms with Gasteiger partial charge in [-0.25, -0.2) is 9.37 Å². The number of carbonyl (C=O) groups is 1. The number of benzene rings is 3. The third-order valence-electron chi connectivity index (χ3n) is 4.79. The van der Waals surface area contributed by atoms with Gasteiger partial charge in [-0.3, -0.25) is 4.79 Å². The van der Waals surface area contributed by atoms with E-state index in [4.69, 9.17) is 4.74 Å². The minimum atomic E-state index is -0.331. The molecule has 0 fully saturated rings. The van der Waals surface area contributed by atoms with Gasteiger partial charge in [0.05, 0.1) is 11.1 Å². The van der Waals surface area contributed by atoms with E-state index in [1.807, 2.05) is 55.5 Å². The van der Waals surface area contributed by atoms with E-state index < -0.39 is 0 Å². The van der Waals surface area contributed by atoms with E-state index in [0.717, 1.165) is 10.9 Å². The fourth-order valence-electron chi connectivity index (χ4n) is 3.18. The third kappa shape index (κ3) is 4.63. The highest BCUT2D eigenvalue weighted by Crippen LogP contribution is 2.23. The van der Waals surface area contributed by atoms with Crippen molar-refractivity contribution in [2.45, 2.75) is 20.1 Å². The number of ether oxygens (including phenoxy) is 1. The van der Waals surface area contributed by atoms with Gasteiger partial charge in [-0.1, -0.05) is 60.2 Å². The normalized spacial score (nSPS) is 10.7. The molecular formula is C25H21FN2O2. The second-order valence-electron chi connectivity index (χ2n) is 7.11. The molecule has 5 heteroatoms. The maximum atomic E-state index is 13.4. The van der Waals surface area contributed by atoms with E-state index in [0.29, 0.717) is 29.1 Å². The van der Waals surface area contributed by atoms with Crippen molar-refractivity contribution in [2.24, 2.45) is 0 Å². The number of para-hydroxylation sites is 1. The van der Waals surface area contributed by atoms with Crippen molar-refractivity contribution < 1.29 is 13.9 Å². The molecule has 0 bridgehead atoms. The first kappa shape index (κ1) is 19.6. The van der Waals surface area contributed by atoms with Crippen LogP contribution in [0.5, 0.6) is 5.88 Å². The van der Waals surface area contributed by atoms with Crippen molar-refractivity contribution in [3.8, 4) is 5.88 Å². The average Bonchev–Trinajstić information content (AvgIpc) is 2.76. The molecule has 0 atom stereocenters. The number of carbonyl (C=O) groups excluding carboxylic acids is 1. The van der Waals surface area contributed by atoms with E-state index >= 15 is 0 Å². The Labute approximate surface area is 174 Å². The molecule has 4 aromatic rings. The van der Waals surface area contributed by atoms with Gasteiger partial charge in [0.15, 0.2) is 0 Å².